The summed E-state index contributed by atoms with van der Waals surface area (Å²) in [5, 5.41) is 17.0. The minimum atomic E-state index is -1.08. The van der Waals surface area contributed by atoms with Crippen molar-refractivity contribution in [3.8, 4) is 0 Å². The monoisotopic (exact) mass is 261 g/mol. The number of aliphatic hydroxyl groups is 1. The molecular weight excluding hydrogens is 242 g/mol. The second-order valence-electron chi connectivity index (χ2n) is 4.06. The van der Waals surface area contributed by atoms with Crippen molar-refractivity contribution in [3.63, 3.8) is 0 Å². The Morgan fingerprint density at radius 1 is 1.22 bits per heavy atom. The Balaban J connectivity index is 2.17. The summed E-state index contributed by atoms with van der Waals surface area (Å²) in [5.41, 5.74) is 0. The number of rotatable bonds is 7. The fourth-order valence-electron chi connectivity index (χ4n) is 1.81. The number of carboxylic acids is 1. The molecule has 104 valence electrons. The van der Waals surface area contributed by atoms with Gasteiger partial charge in [-0.1, -0.05) is 0 Å². The molecule has 0 atom stereocenters. The van der Waals surface area contributed by atoms with Crippen LogP contribution in [0.4, 0.5) is 0 Å². The minimum absolute atomic E-state index is 0.00216. The van der Waals surface area contributed by atoms with E-state index in [4.69, 9.17) is 19.7 Å². The van der Waals surface area contributed by atoms with E-state index in [0.29, 0.717) is 19.7 Å². The van der Waals surface area contributed by atoms with Crippen molar-refractivity contribution in [3.05, 3.63) is 0 Å². The number of hydrogen-bond acceptors (Lipinski definition) is 5. The first-order chi connectivity index (χ1) is 8.63. The molecule has 0 spiro atoms. The summed E-state index contributed by atoms with van der Waals surface area (Å²) in [4.78, 5) is 23.5. The summed E-state index contributed by atoms with van der Waals surface area (Å²) in [5.74, 6) is -1.28. The van der Waals surface area contributed by atoms with Gasteiger partial charge in [0.2, 0.25) is 5.91 Å². The predicted molar refractivity (Wildman–Crippen MR) is 61.1 cm³/mol. The molecule has 0 aliphatic carbocycles. The summed E-state index contributed by atoms with van der Waals surface area (Å²) < 4.78 is 10.1. The van der Waals surface area contributed by atoms with Gasteiger partial charge in [-0.25, -0.2) is 4.79 Å². The average Bonchev–Trinajstić information content (AvgIpc) is 2.36. The molecule has 1 aliphatic heterocycles. The molecule has 0 unspecified atom stereocenters. The fourth-order valence-corrected chi connectivity index (χ4v) is 1.81. The number of likely N-dealkylation sites (tertiary alicyclic amines) is 1. The molecule has 18 heavy (non-hydrogen) atoms. The molecule has 0 radical (unpaired) electrons. The van der Waals surface area contributed by atoms with Crippen LogP contribution in [0, 0.1) is 0 Å². The molecule has 1 fully saturated rings. The van der Waals surface area contributed by atoms with Gasteiger partial charge in [-0.15, -0.1) is 0 Å². The van der Waals surface area contributed by atoms with E-state index in [1.165, 1.54) is 0 Å². The third-order valence-corrected chi connectivity index (χ3v) is 2.69. The van der Waals surface area contributed by atoms with E-state index in [1.807, 2.05) is 0 Å². The number of carbonyl (C=O) groups excluding carboxylic acids is 1. The van der Waals surface area contributed by atoms with Crippen LogP contribution in [-0.4, -0.2) is 72.6 Å². The Hall–Kier alpha value is -1.18. The topological polar surface area (TPSA) is 96.3 Å². The Morgan fingerprint density at radius 2 is 1.89 bits per heavy atom. The maximum absolute atomic E-state index is 11.6. The van der Waals surface area contributed by atoms with Crippen molar-refractivity contribution in [2.75, 3.05) is 39.5 Å². The zero-order valence-electron chi connectivity index (χ0n) is 10.2. The highest BCUT2D eigenvalue weighted by atomic mass is 16.5. The lowest BCUT2D eigenvalue weighted by Gasteiger charge is -2.31. The number of aliphatic hydroxyl groups excluding tert-OH is 1. The van der Waals surface area contributed by atoms with Crippen molar-refractivity contribution in [1.82, 2.24) is 4.90 Å². The van der Waals surface area contributed by atoms with Gasteiger partial charge in [0.15, 0.2) is 0 Å². The summed E-state index contributed by atoms with van der Waals surface area (Å²) >= 11 is 0. The summed E-state index contributed by atoms with van der Waals surface area (Å²) in [6.07, 6.45) is 1.54. The highest BCUT2D eigenvalue weighted by Gasteiger charge is 2.23. The number of piperidine rings is 1. The molecule has 0 aromatic rings. The standard InChI is InChI=1S/C11H19NO6/c13-5-6-18-9-1-3-12(4-2-9)10(14)7-17-8-11(15)16/h9,13H,1-8H2,(H,15,16). The molecule has 0 aromatic heterocycles. The Kier molecular flexibility index (Phi) is 6.63. The van der Waals surface area contributed by atoms with E-state index in [9.17, 15) is 9.59 Å². The highest BCUT2D eigenvalue weighted by Crippen LogP contribution is 2.13. The zero-order chi connectivity index (χ0) is 13.4. The van der Waals surface area contributed by atoms with Crippen LogP contribution in [0.2, 0.25) is 0 Å². The van der Waals surface area contributed by atoms with Crippen LogP contribution in [0.3, 0.4) is 0 Å². The largest absolute Gasteiger partial charge is 0.480 e. The van der Waals surface area contributed by atoms with Gasteiger partial charge in [-0.3, -0.25) is 4.79 Å². The molecule has 1 heterocycles. The van der Waals surface area contributed by atoms with Crippen LogP contribution in [0.1, 0.15) is 12.8 Å². The molecule has 0 aromatic carbocycles. The normalized spacial score (nSPS) is 16.8. The summed E-state index contributed by atoms with van der Waals surface area (Å²) in [7, 11) is 0. The first-order valence-corrected chi connectivity index (χ1v) is 5.93. The molecule has 1 amide bonds. The number of amides is 1. The summed E-state index contributed by atoms with van der Waals surface area (Å²) in [6, 6.07) is 0. The van der Waals surface area contributed by atoms with Gasteiger partial charge < -0.3 is 24.6 Å². The molecule has 0 saturated carbocycles. The van der Waals surface area contributed by atoms with Crippen molar-refractivity contribution < 1.29 is 29.3 Å². The van der Waals surface area contributed by atoms with E-state index >= 15 is 0 Å². The van der Waals surface area contributed by atoms with Gasteiger partial charge >= 0.3 is 5.97 Å². The third-order valence-electron chi connectivity index (χ3n) is 2.69. The fraction of sp³-hybridized carbons (Fsp3) is 0.818. The maximum atomic E-state index is 11.6. The Morgan fingerprint density at radius 3 is 2.44 bits per heavy atom. The predicted octanol–water partition coefficient (Wildman–Crippen LogP) is -0.912. The van der Waals surface area contributed by atoms with Crippen LogP contribution in [0.25, 0.3) is 0 Å². The van der Waals surface area contributed by atoms with Gasteiger partial charge in [-0.2, -0.15) is 0 Å². The maximum Gasteiger partial charge on any atom is 0.329 e. The zero-order valence-corrected chi connectivity index (χ0v) is 10.2. The smallest absolute Gasteiger partial charge is 0.329 e. The van der Waals surface area contributed by atoms with Crippen LogP contribution in [0.15, 0.2) is 0 Å². The van der Waals surface area contributed by atoms with Gasteiger partial charge in [-0.05, 0) is 12.8 Å². The van der Waals surface area contributed by atoms with Crippen LogP contribution in [-0.2, 0) is 19.1 Å². The molecule has 1 saturated heterocycles. The van der Waals surface area contributed by atoms with Crippen LogP contribution >= 0.6 is 0 Å². The first-order valence-electron chi connectivity index (χ1n) is 5.93. The lowest BCUT2D eigenvalue weighted by atomic mass is 10.1. The van der Waals surface area contributed by atoms with E-state index < -0.39 is 12.6 Å². The lowest BCUT2D eigenvalue weighted by Crippen LogP contribution is -2.42. The number of hydrogen-bond donors (Lipinski definition) is 2. The number of nitrogens with zero attached hydrogens (tertiary/aromatic N) is 1. The van der Waals surface area contributed by atoms with Gasteiger partial charge in [0.05, 0.1) is 19.3 Å². The number of carbonyl (C=O) groups is 2. The Labute approximate surface area is 105 Å². The molecule has 7 nitrogen and oxygen atoms in total. The van der Waals surface area contributed by atoms with E-state index in [0.717, 1.165) is 12.8 Å². The Bertz CT molecular complexity index is 275. The van der Waals surface area contributed by atoms with Crippen LogP contribution < -0.4 is 0 Å². The quantitative estimate of drug-likeness (QED) is 0.616. The first kappa shape index (κ1) is 14.9. The van der Waals surface area contributed by atoms with Crippen molar-refractivity contribution in [2.24, 2.45) is 0 Å². The van der Waals surface area contributed by atoms with Crippen molar-refractivity contribution in [1.29, 1.82) is 0 Å². The molecule has 1 rings (SSSR count). The molecule has 1 aliphatic rings. The second kappa shape index (κ2) is 8.02. The summed E-state index contributed by atoms with van der Waals surface area (Å²) in [6.45, 7) is 0.815. The van der Waals surface area contributed by atoms with E-state index in [1.54, 1.807) is 4.90 Å². The number of ether oxygens (including phenoxy) is 2. The average molecular weight is 261 g/mol. The van der Waals surface area contributed by atoms with Gasteiger partial charge in [0.1, 0.15) is 13.2 Å². The molecular formula is C11H19NO6. The number of aliphatic carboxylic acids is 1. The van der Waals surface area contributed by atoms with Crippen molar-refractivity contribution in [2.45, 2.75) is 18.9 Å². The van der Waals surface area contributed by atoms with Crippen molar-refractivity contribution >= 4 is 11.9 Å². The highest BCUT2D eigenvalue weighted by molar-refractivity contribution is 5.78. The van der Waals surface area contributed by atoms with Crippen LogP contribution in [0.5, 0.6) is 0 Å². The van der Waals surface area contributed by atoms with E-state index in [-0.39, 0.29) is 25.2 Å². The van der Waals surface area contributed by atoms with Gasteiger partial charge in [0, 0.05) is 13.1 Å². The molecule has 2 N–H and O–H groups in total. The van der Waals surface area contributed by atoms with E-state index in [2.05, 4.69) is 0 Å². The third kappa shape index (κ3) is 5.44. The molecule has 0 bridgehead atoms. The van der Waals surface area contributed by atoms with Gasteiger partial charge in [0.25, 0.3) is 0 Å². The number of carboxylic acid groups (broad SMARTS) is 1. The SMILES string of the molecule is O=C(O)COCC(=O)N1CCC(OCCO)CC1. The lowest BCUT2D eigenvalue weighted by molar-refractivity contribution is -0.146. The molecule has 7 heteroatoms. The minimum Gasteiger partial charge on any atom is -0.480 e. The second-order valence-corrected chi connectivity index (χ2v) is 4.06.